The monoisotopic (exact) mass is 237 g/mol. The average Bonchev–Trinajstić information content (AvgIpc) is 3.09. The van der Waals surface area contributed by atoms with Gasteiger partial charge in [0.15, 0.2) is 0 Å². The van der Waals surface area contributed by atoms with Gasteiger partial charge in [-0.1, -0.05) is 6.07 Å². The van der Waals surface area contributed by atoms with Gasteiger partial charge in [0.05, 0.1) is 6.10 Å². The van der Waals surface area contributed by atoms with Crippen LogP contribution in [0.25, 0.3) is 0 Å². The maximum absolute atomic E-state index is 11.7. The van der Waals surface area contributed by atoms with Gasteiger partial charge in [0.2, 0.25) is 0 Å². The van der Waals surface area contributed by atoms with Crippen LogP contribution in [0.4, 0.5) is 0 Å². The van der Waals surface area contributed by atoms with Crippen molar-refractivity contribution in [3.05, 3.63) is 23.8 Å². The van der Waals surface area contributed by atoms with Crippen LogP contribution in [0.1, 0.15) is 23.2 Å². The number of nitrogens with one attached hydrogen (secondary N) is 1. The van der Waals surface area contributed by atoms with Crippen LogP contribution in [0.5, 0.6) is 11.5 Å². The predicted octanol–water partition coefficient (Wildman–Crippen LogP) is 0.598. The van der Waals surface area contributed by atoms with Crippen molar-refractivity contribution in [2.24, 2.45) is 5.92 Å². The van der Waals surface area contributed by atoms with Crippen LogP contribution >= 0.6 is 0 Å². The second-order valence-corrected chi connectivity index (χ2v) is 4.29. The Morgan fingerprint density at radius 1 is 1.35 bits per heavy atom. The molecule has 4 N–H and O–H groups in total. The second kappa shape index (κ2) is 4.63. The summed E-state index contributed by atoms with van der Waals surface area (Å²) in [5, 5.41) is 31.0. The molecule has 0 radical (unpaired) electrons. The van der Waals surface area contributed by atoms with E-state index < -0.39 is 12.0 Å². The molecule has 0 aromatic heterocycles. The van der Waals surface area contributed by atoms with Crippen molar-refractivity contribution < 1.29 is 20.1 Å². The Hall–Kier alpha value is -1.75. The fraction of sp³-hybridized carbons (Fsp3) is 0.417. The number of carbonyl (C=O) groups is 1. The molecule has 92 valence electrons. The Morgan fingerprint density at radius 3 is 2.47 bits per heavy atom. The number of hydrogen-bond donors (Lipinski definition) is 4. The zero-order valence-corrected chi connectivity index (χ0v) is 9.26. The minimum Gasteiger partial charge on any atom is -0.507 e. The third kappa shape index (κ3) is 2.68. The maximum Gasteiger partial charge on any atom is 0.258 e. The molecule has 1 saturated carbocycles. The van der Waals surface area contributed by atoms with Crippen molar-refractivity contribution >= 4 is 5.91 Å². The lowest BCUT2D eigenvalue weighted by Gasteiger charge is -2.12. The van der Waals surface area contributed by atoms with E-state index in [0.29, 0.717) is 0 Å². The molecule has 1 unspecified atom stereocenters. The van der Waals surface area contributed by atoms with Gasteiger partial charge in [-0.15, -0.1) is 0 Å². The summed E-state index contributed by atoms with van der Waals surface area (Å²) >= 11 is 0. The number of rotatable bonds is 4. The molecule has 5 nitrogen and oxygen atoms in total. The predicted molar refractivity (Wildman–Crippen MR) is 60.8 cm³/mol. The molecular formula is C12H15NO4. The summed E-state index contributed by atoms with van der Waals surface area (Å²) in [5.41, 5.74) is -0.157. The number of amides is 1. The molecule has 0 saturated heterocycles. The topological polar surface area (TPSA) is 89.8 Å². The fourth-order valence-electron chi connectivity index (χ4n) is 1.69. The Labute approximate surface area is 98.7 Å². The third-order valence-electron chi connectivity index (χ3n) is 2.89. The Morgan fingerprint density at radius 2 is 1.94 bits per heavy atom. The van der Waals surface area contributed by atoms with E-state index in [4.69, 9.17) is 0 Å². The Balaban J connectivity index is 1.99. The van der Waals surface area contributed by atoms with Crippen LogP contribution in [0, 0.1) is 5.92 Å². The lowest BCUT2D eigenvalue weighted by atomic mass is 10.1. The van der Waals surface area contributed by atoms with Crippen molar-refractivity contribution in [1.82, 2.24) is 5.32 Å². The number of aliphatic hydroxyl groups is 1. The van der Waals surface area contributed by atoms with E-state index in [1.165, 1.54) is 18.2 Å². The van der Waals surface area contributed by atoms with Crippen LogP contribution in [0.2, 0.25) is 0 Å². The van der Waals surface area contributed by atoms with E-state index in [-0.39, 0.29) is 29.5 Å². The van der Waals surface area contributed by atoms with Gasteiger partial charge in [-0.05, 0) is 30.9 Å². The molecule has 1 aliphatic rings. The van der Waals surface area contributed by atoms with Crippen molar-refractivity contribution in [2.45, 2.75) is 18.9 Å². The van der Waals surface area contributed by atoms with Gasteiger partial charge in [0.1, 0.15) is 17.1 Å². The molecule has 0 spiro atoms. The highest BCUT2D eigenvalue weighted by molar-refractivity contribution is 5.99. The van der Waals surface area contributed by atoms with E-state index in [2.05, 4.69) is 5.32 Å². The smallest absolute Gasteiger partial charge is 0.258 e. The average molecular weight is 237 g/mol. The highest BCUT2D eigenvalue weighted by Crippen LogP contribution is 2.32. The summed E-state index contributed by atoms with van der Waals surface area (Å²) in [6.45, 7) is 0.136. The molecule has 2 rings (SSSR count). The highest BCUT2D eigenvalue weighted by atomic mass is 16.3. The third-order valence-corrected chi connectivity index (χ3v) is 2.89. The van der Waals surface area contributed by atoms with Gasteiger partial charge in [-0.3, -0.25) is 4.79 Å². The molecular weight excluding hydrogens is 222 g/mol. The zero-order valence-electron chi connectivity index (χ0n) is 9.26. The van der Waals surface area contributed by atoms with Crippen LogP contribution in [-0.4, -0.2) is 33.9 Å². The van der Waals surface area contributed by atoms with Crippen molar-refractivity contribution in [3.63, 3.8) is 0 Å². The van der Waals surface area contributed by atoms with Gasteiger partial charge < -0.3 is 20.6 Å². The number of benzene rings is 1. The van der Waals surface area contributed by atoms with Crippen LogP contribution in [0.3, 0.4) is 0 Å². The van der Waals surface area contributed by atoms with Gasteiger partial charge in [0.25, 0.3) is 5.91 Å². The second-order valence-electron chi connectivity index (χ2n) is 4.29. The van der Waals surface area contributed by atoms with E-state index >= 15 is 0 Å². The summed E-state index contributed by atoms with van der Waals surface area (Å²) < 4.78 is 0. The van der Waals surface area contributed by atoms with Gasteiger partial charge >= 0.3 is 0 Å². The SMILES string of the molecule is O=C(NCC(O)C1CC1)c1c(O)cccc1O. The first kappa shape index (κ1) is 11.7. The standard InChI is InChI=1S/C12H15NO4/c14-8-2-1-3-9(15)11(8)12(17)13-6-10(16)7-4-5-7/h1-3,7,10,14-16H,4-6H2,(H,13,17). The van der Waals surface area contributed by atoms with Crippen molar-refractivity contribution in [2.75, 3.05) is 6.54 Å². The van der Waals surface area contributed by atoms with E-state index in [1.54, 1.807) is 0 Å². The van der Waals surface area contributed by atoms with Crippen molar-refractivity contribution in [3.8, 4) is 11.5 Å². The first-order chi connectivity index (χ1) is 8.09. The summed E-state index contributed by atoms with van der Waals surface area (Å²) in [6, 6.07) is 4.10. The minimum atomic E-state index is -0.583. The normalized spacial score (nSPS) is 16.5. The minimum absolute atomic E-state index is 0.136. The molecule has 5 heteroatoms. The number of phenols is 2. The number of phenolic OH excluding ortho intramolecular Hbond substituents is 2. The van der Waals surface area contributed by atoms with Crippen molar-refractivity contribution in [1.29, 1.82) is 0 Å². The lowest BCUT2D eigenvalue weighted by Crippen LogP contribution is -2.33. The summed E-state index contributed by atoms with van der Waals surface area (Å²) in [5.74, 6) is -0.861. The van der Waals surface area contributed by atoms with E-state index in [0.717, 1.165) is 12.8 Å². The highest BCUT2D eigenvalue weighted by Gasteiger charge is 2.30. The van der Waals surface area contributed by atoms with Gasteiger partial charge in [-0.2, -0.15) is 0 Å². The number of carbonyl (C=O) groups excluding carboxylic acids is 1. The number of aromatic hydroxyl groups is 2. The molecule has 0 heterocycles. The van der Waals surface area contributed by atoms with E-state index in [1.807, 2.05) is 0 Å². The number of aliphatic hydroxyl groups excluding tert-OH is 1. The molecule has 1 amide bonds. The molecule has 1 atom stereocenters. The van der Waals surface area contributed by atoms with Crippen LogP contribution in [0.15, 0.2) is 18.2 Å². The van der Waals surface area contributed by atoms with Crippen LogP contribution in [-0.2, 0) is 0 Å². The van der Waals surface area contributed by atoms with Gasteiger partial charge in [-0.25, -0.2) is 0 Å². The largest absolute Gasteiger partial charge is 0.507 e. The Bertz CT molecular complexity index is 408. The molecule has 0 bridgehead atoms. The lowest BCUT2D eigenvalue weighted by molar-refractivity contribution is 0.0896. The summed E-state index contributed by atoms with van der Waals surface area (Å²) in [6.07, 6.45) is 1.42. The molecule has 1 aromatic carbocycles. The Kier molecular flexibility index (Phi) is 3.19. The molecule has 0 aliphatic heterocycles. The first-order valence-corrected chi connectivity index (χ1v) is 5.57. The maximum atomic E-state index is 11.7. The van der Waals surface area contributed by atoms with Gasteiger partial charge in [0, 0.05) is 6.54 Å². The molecule has 1 aliphatic carbocycles. The molecule has 17 heavy (non-hydrogen) atoms. The molecule has 1 fully saturated rings. The number of hydrogen-bond acceptors (Lipinski definition) is 4. The molecule has 1 aromatic rings. The van der Waals surface area contributed by atoms with E-state index in [9.17, 15) is 20.1 Å². The quantitative estimate of drug-likeness (QED) is 0.617. The first-order valence-electron chi connectivity index (χ1n) is 5.57. The summed E-state index contributed by atoms with van der Waals surface area (Å²) in [4.78, 5) is 11.7. The fourth-order valence-corrected chi connectivity index (χ4v) is 1.69. The zero-order chi connectivity index (χ0) is 12.4. The van der Waals surface area contributed by atoms with Crippen LogP contribution < -0.4 is 5.32 Å². The summed E-state index contributed by atoms with van der Waals surface area (Å²) in [7, 11) is 0.